The summed E-state index contributed by atoms with van der Waals surface area (Å²) in [5, 5.41) is 15.0. The van der Waals surface area contributed by atoms with Crippen LogP contribution in [0.4, 0.5) is 18.0 Å². The summed E-state index contributed by atoms with van der Waals surface area (Å²) in [7, 11) is 0. The van der Waals surface area contributed by atoms with Crippen molar-refractivity contribution in [2.45, 2.75) is 48.7 Å². The zero-order valence-corrected chi connectivity index (χ0v) is 24.8. The highest BCUT2D eigenvalue weighted by Gasteiger charge is 2.51. The Balaban J connectivity index is 1.53. The summed E-state index contributed by atoms with van der Waals surface area (Å²) >= 11 is 7.44. The monoisotopic (exact) mass is 630 g/mol. The van der Waals surface area contributed by atoms with Crippen LogP contribution in [-0.2, 0) is 12.3 Å². The number of thioether (sulfide) groups is 1. The maximum absolute atomic E-state index is 14.6. The van der Waals surface area contributed by atoms with E-state index in [4.69, 9.17) is 17.3 Å². The molecule has 43 heavy (non-hydrogen) atoms. The molecule has 2 amide bonds. The second-order valence-electron chi connectivity index (χ2n) is 10.6. The van der Waals surface area contributed by atoms with Gasteiger partial charge in [0.1, 0.15) is 16.7 Å². The van der Waals surface area contributed by atoms with Crippen molar-refractivity contribution in [2.75, 3.05) is 26.2 Å². The maximum Gasteiger partial charge on any atom is 0.394 e. The third kappa shape index (κ3) is 6.54. The molecule has 0 saturated carbocycles. The van der Waals surface area contributed by atoms with E-state index in [9.17, 15) is 28.0 Å². The van der Waals surface area contributed by atoms with E-state index in [1.807, 2.05) is 30.3 Å². The fraction of sp³-hybridized carbons (Fsp3) is 0.400. The van der Waals surface area contributed by atoms with Gasteiger partial charge in [-0.05, 0) is 42.5 Å². The Labute approximate surface area is 256 Å². The third-order valence-electron chi connectivity index (χ3n) is 7.94. The van der Waals surface area contributed by atoms with Gasteiger partial charge in [-0.2, -0.15) is 28.2 Å². The first kappa shape index (κ1) is 30.9. The molecule has 226 valence electrons. The summed E-state index contributed by atoms with van der Waals surface area (Å²) in [6, 6.07) is 15.4. The number of rotatable bonds is 6. The smallest absolute Gasteiger partial charge is 0.326 e. The molecule has 2 aromatic carbocycles. The number of carbonyl (C=O) groups is 2. The fourth-order valence-electron chi connectivity index (χ4n) is 5.62. The van der Waals surface area contributed by atoms with Crippen molar-refractivity contribution in [2.24, 2.45) is 11.7 Å². The van der Waals surface area contributed by atoms with E-state index in [1.54, 1.807) is 17.0 Å². The van der Waals surface area contributed by atoms with Gasteiger partial charge in [0.2, 0.25) is 0 Å². The first-order valence-electron chi connectivity index (χ1n) is 14.0. The topological polar surface area (TPSA) is 108 Å². The van der Waals surface area contributed by atoms with Crippen molar-refractivity contribution < 1.29 is 22.8 Å². The Hall–Kier alpha value is -3.53. The molecule has 2 fully saturated rings. The molecule has 1 aromatic heterocycles. The van der Waals surface area contributed by atoms with Crippen LogP contribution >= 0.6 is 23.4 Å². The van der Waals surface area contributed by atoms with Crippen LogP contribution in [0.1, 0.15) is 57.9 Å². The Bertz CT molecular complexity index is 1530. The highest BCUT2D eigenvalue weighted by Crippen LogP contribution is 2.45. The van der Waals surface area contributed by atoms with Gasteiger partial charge < -0.3 is 15.5 Å². The molecule has 3 aromatic rings. The Morgan fingerprint density at radius 3 is 2.35 bits per heavy atom. The fourth-order valence-corrected chi connectivity index (χ4v) is 6.87. The first-order valence-corrected chi connectivity index (χ1v) is 15.3. The number of nitriles is 1. The lowest BCUT2D eigenvalue weighted by molar-refractivity contribution is -0.190. The van der Waals surface area contributed by atoms with Gasteiger partial charge in [-0.3, -0.25) is 4.79 Å². The number of urea groups is 1. The molecular weight excluding hydrogens is 601 g/mol. The summed E-state index contributed by atoms with van der Waals surface area (Å²) in [5.74, 6) is -3.51. The first-order chi connectivity index (χ1) is 20.6. The number of amides is 2. The van der Waals surface area contributed by atoms with Crippen LogP contribution in [0.2, 0.25) is 5.02 Å². The van der Waals surface area contributed by atoms with Crippen LogP contribution in [0.15, 0.2) is 53.6 Å². The van der Waals surface area contributed by atoms with E-state index in [2.05, 4.69) is 5.10 Å². The second-order valence-corrected chi connectivity index (χ2v) is 12.0. The van der Waals surface area contributed by atoms with Crippen molar-refractivity contribution in [3.8, 4) is 6.07 Å². The van der Waals surface area contributed by atoms with Gasteiger partial charge in [0.25, 0.3) is 5.91 Å². The number of carbonyl (C=O) groups excluding carboxylic acids is 2. The van der Waals surface area contributed by atoms with Crippen molar-refractivity contribution in [3.05, 3.63) is 81.5 Å². The van der Waals surface area contributed by atoms with Crippen molar-refractivity contribution in [3.63, 3.8) is 0 Å². The number of likely N-dealkylation sites (tertiary alicyclic amines) is 2. The number of alkyl halides is 3. The molecule has 2 aliphatic rings. The minimum atomic E-state index is -4.67. The molecule has 2 N–H and O–H groups in total. The Kier molecular flexibility index (Phi) is 9.34. The van der Waals surface area contributed by atoms with Gasteiger partial charge in [0, 0.05) is 44.4 Å². The number of halogens is 4. The highest BCUT2D eigenvalue weighted by atomic mass is 35.5. The molecular formula is C30H30ClF3N6O2S. The maximum atomic E-state index is 14.6. The van der Waals surface area contributed by atoms with Crippen LogP contribution in [0.25, 0.3) is 0 Å². The SMILES string of the molecule is N#Cc1c(C2CCN(C(=O)N3CCCC3)CC2C(F)(F)F)nn(C(=O)c2ccccc2Cl)c1SCc1ccc(CN)cc1. The third-order valence-corrected chi connectivity index (χ3v) is 9.40. The summed E-state index contributed by atoms with van der Waals surface area (Å²) in [4.78, 5) is 29.5. The molecule has 13 heteroatoms. The lowest BCUT2D eigenvalue weighted by atomic mass is 9.81. The predicted octanol–water partition coefficient (Wildman–Crippen LogP) is 6.03. The van der Waals surface area contributed by atoms with Gasteiger partial charge in [0.15, 0.2) is 0 Å². The number of nitrogens with zero attached hydrogens (tertiary/aromatic N) is 5. The molecule has 0 bridgehead atoms. The normalized spacial score (nSPS) is 19.0. The molecule has 0 aliphatic carbocycles. The zero-order chi connectivity index (χ0) is 30.7. The Morgan fingerprint density at radius 2 is 1.72 bits per heavy atom. The van der Waals surface area contributed by atoms with Crippen LogP contribution in [-0.4, -0.2) is 63.9 Å². The lowest BCUT2D eigenvalue weighted by Gasteiger charge is -2.40. The molecule has 5 rings (SSSR count). The summed E-state index contributed by atoms with van der Waals surface area (Å²) in [6.45, 7) is 0.960. The minimum Gasteiger partial charge on any atom is -0.326 e. The number of piperidine rings is 1. The van der Waals surface area contributed by atoms with E-state index in [0.29, 0.717) is 25.4 Å². The highest BCUT2D eigenvalue weighted by molar-refractivity contribution is 7.98. The number of nitrogens with two attached hydrogens (primary N) is 1. The van der Waals surface area contributed by atoms with Gasteiger partial charge in [-0.25, -0.2) is 4.79 Å². The van der Waals surface area contributed by atoms with Gasteiger partial charge in [-0.1, -0.05) is 48.0 Å². The van der Waals surface area contributed by atoms with Gasteiger partial charge >= 0.3 is 12.2 Å². The predicted molar refractivity (Wildman–Crippen MR) is 157 cm³/mol. The molecule has 2 unspecified atom stereocenters. The summed E-state index contributed by atoms with van der Waals surface area (Å²) < 4.78 is 44.7. The molecule has 2 aliphatic heterocycles. The van der Waals surface area contributed by atoms with E-state index in [0.717, 1.165) is 40.4 Å². The zero-order valence-electron chi connectivity index (χ0n) is 23.2. The minimum absolute atomic E-state index is 0.0552. The standard InChI is InChI=1S/C30H30ClF3N6O2S/c31-25-6-2-1-5-22(25)27(41)40-28(43-18-20-9-7-19(15-35)8-10-20)23(16-36)26(37-40)21-11-14-39(17-24(21)30(32,33)34)29(42)38-12-3-4-13-38/h1-2,5-10,21,24H,3-4,11-15,17-18,35H2. The molecule has 3 heterocycles. The average Bonchev–Trinajstić information content (AvgIpc) is 3.68. The quantitative estimate of drug-likeness (QED) is 0.333. The van der Waals surface area contributed by atoms with E-state index in [-0.39, 0.29) is 39.8 Å². The van der Waals surface area contributed by atoms with Gasteiger partial charge in [0.05, 0.1) is 22.2 Å². The Morgan fingerprint density at radius 1 is 1.05 bits per heavy atom. The van der Waals surface area contributed by atoms with Crippen molar-refractivity contribution in [1.82, 2.24) is 19.6 Å². The average molecular weight is 631 g/mol. The molecule has 0 spiro atoms. The lowest BCUT2D eigenvalue weighted by Crippen LogP contribution is -2.51. The molecule has 2 saturated heterocycles. The van der Waals surface area contributed by atoms with Crippen LogP contribution in [0, 0.1) is 17.2 Å². The van der Waals surface area contributed by atoms with E-state index < -0.39 is 36.5 Å². The molecule has 8 nitrogen and oxygen atoms in total. The largest absolute Gasteiger partial charge is 0.394 e. The van der Waals surface area contributed by atoms with E-state index >= 15 is 0 Å². The van der Waals surface area contributed by atoms with Crippen LogP contribution < -0.4 is 5.73 Å². The summed E-state index contributed by atoms with van der Waals surface area (Å²) in [6.07, 6.45) is -3.08. The number of aromatic nitrogens is 2. The second kappa shape index (κ2) is 13.0. The summed E-state index contributed by atoms with van der Waals surface area (Å²) in [5.41, 5.74) is 7.42. The number of hydrogen-bond acceptors (Lipinski definition) is 6. The molecule has 0 radical (unpaired) electrons. The van der Waals surface area contributed by atoms with Crippen molar-refractivity contribution >= 4 is 35.3 Å². The van der Waals surface area contributed by atoms with E-state index in [1.165, 1.54) is 17.0 Å². The van der Waals surface area contributed by atoms with Gasteiger partial charge in [-0.15, -0.1) is 11.8 Å². The molecule has 2 atom stereocenters. The number of benzene rings is 2. The van der Waals surface area contributed by atoms with Crippen LogP contribution in [0.5, 0.6) is 0 Å². The van der Waals surface area contributed by atoms with Crippen LogP contribution in [0.3, 0.4) is 0 Å². The van der Waals surface area contributed by atoms with Crippen molar-refractivity contribution in [1.29, 1.82) is 5.26 Å². The number of hydrogen-bond donors (Lipinski definition) is 1.